The van der Waals surface area contributed by atoms with E-state index in [1.807, 2.05) is 0 Å². The molecule has 140 valence electrons. The summed E-state index contributed by atoms with van der Waals surface area (Å²) in [7, 11) is -0.583. The van der Waals surface area contributed by atoms with Crippen LogP contribution in [0.15, 0.2) is 27.8 Å². The summed E-state index contributed by atoms with van der Waals surface area (Å²) in [5.74, 6) is 0.871. The first-order valence-electron chi connectivity index (χ1n) is 7.91. The smallest absolute Gasteiger partial charge is 0.335 e. The molecule has 0 aliphatic carbocycles. The van der Waals surface area contributed by atoms with Crippen LogP contribution in [0.2, 0.25) is 0 Å². The molecule has 1 fully saturated rings. The first-order chi connectivity index (χ1) is 12.3. The number of methoxy groups -OCH3 is 2. The number of likely N-dealkylation sites (tertiary alicyclic amines) is 1. The van der Waals surface area contributed by atoms with Crippen molar-refractivity contribution in [3.63, 3.8) is 0 Å². The number of ether oxygens (including phenoxy) is 2. The second-order valence-corrected chi connectivity index (χ2v) is 7.83. The first-order valence-corrected chi connectivity index (χ1v) is 9.80. The van der Waals surface area contributed by atoms with Crippen LogP contribution in [0.5, 0.6) is 11.5 Å². The Kier molecular flexibility index (Phi) is 4.86. The normalized spacial score (nSPS) is 17.3. The Morgan fingerprint density at radius 3 is 2.38 bits per heavy atom. The van der Waals surface area contributed by atoms with Gasteiger partial charge in [0.05, 0.1) is 14.2 Å². The minimum absolute atomic E-state index is 0.117. The van der Waals surface area contributed by atoms with Gasteiger partial charge in [-0.15, -0.1) is 5.10 Å². The molecule has 0 N–H and O–H groups in total. The van der Waals surface area contributed by atoms with E-state index in [1.54, 1.807) is 23.1 Å². The fourth-order valence-corrected chi connectivity index (χ4v) is 3.29. The summed E-state index contributed by atoms with van der Waals surface area (Å²) >= 11 is 0. The standard InChI is InChI=1S/C16H19N3O6S/c1-23-11-7-10(8-12(9-11)24-2)15(20)19-6-4-5-13(19)14-17-18-16(25-14)26(3,21)22/h7-9,13H,4-6H2,1-3H3/t13-/m0/s1. The van der Waals surface area contributed by atoms with Crippen molar-refractivity contribution in [3.8, 4) is 11.5 Å². The van der Waals surface area contributed by atoms with Gasteiger partial charge in [-0.1, -0.05) is 5.10 Å². The third-order valence-electron chi connectivity index (χ3n) is 4.14. The summed E-state index contributed by atoms with van der Waals surface area (Å²) in [4.78, 5) is 14.6. The zero-order valence-corrected chi connectivity index (χ0v) is 15.4. The average Bonchev–Trinajstić information content (AvgIpc) is 3.28. The molecular formula is C16H19N3O6S. The van der Waals surface area contributed by atoms with E-state index < -0.39 is 21.1 Å². The van der Waals surface area contributed by atoms with Gasteiger partial charge in [-0.05, 0) is 25.0 Å². The molecule has 1 aliphatic heterocycles. The van der Waals surface area contributed by atoms with Crippen molar-refractivity contribution in [2.45, 2.75) is 24.1 Å². The lowest BCUT2D eigenvalue weighted by molar-refractivity contribution is 0.0711. The van der Waals surface area contributed by atoms with Gasteiger partial charge in [0.15, 0.2) is 0 Å². The molecule has 1 aromatic carbocycles. The van der Waals surface area contributed by atoms with Crippen molar-refractivity contribution in [2.24, 2.45) is 0 Å². The topological polar surface area (TPSA) is 112 Å². The number of sulfone groups is 1. The van der Waals surface area contributed by atoms with Crippen LogP contribution in [-0.4, -0.2) is 56.4 Å². The SMILES string of the molecule is COc1cc(OC)cc(C(=O)N2CCC[C@H]2c2nnc(S(C)(=O)=O)o2)c1. The molecule has 26 heavy (non-hydrogen) atoms. The molecule has 1 aliphatic rings. The lowest BCUT2D eigenvalue weighted by Crippen LogP contribution is -2.30. The number of nitrogens with zero attached hydrogens (tertiary/aromatic N) is 3. The highest BCUT2D eigenvalue weighted by molar-refractivity contribution is 7.90. The minimum atomic E-state index is -3.60. The number of carbonyl (C=O) groups is 1. The number of hydrogen-bond donors (Lipinski definition) is 0. The van der Waals surface area contributed by atoms with Crippen LogP contribution in [0.1, 0.15) is 35.1 Å². The van der Waals surface area contributed by atoms with Gasteiger partial charge < -0.3 is 18.8 Å². The number of aromatic nitrogens is 2. The zero-order chi connectivity index (χ0) is 18.9. The quantitative estimate of drug-likeness (QED) is 0.765. The minimum Gasteiger partial charge on any atom is -0.497 e. The molecule has 1 amide bonds. The second kappa shape index (κ2) is 6.94. The summed E-state index contributed by atoms with van der Waals surface area (Å²) in [6.45, 7) is 0.500. The summed E-state index contributed by atoms with van der Waals surface area (Å²) in [6, 6.07) is 4.45. The maximum absolute atomic E-state index is 13.0. The van der Waals surface area contributed by atoms with Crippen molar-refractivity contribution in [3.05, 3.63) is 29.7 Å². The number of benzene rings is 1. The highest BCUT2D eigenvalue weighted by atomic mass is 32.2. The molecule has 9 nitrogen and oxygen atoms in total. The summed E-state index contributed by atoms with van der Waals surface area (Å²) in [5.41, 5.74) is 0.399. The van der Waals surface area contributed by atoms with E-state index in [9.17, 15) is 13.2 Å². The third kappa shape index (κ3) is 3.50. The van der Waals surface area contributed by atoms with E-state index in [0.29, 0.717) is 30.0 Å². The van der Waals surface area contributed by atoms with Gasteiger partial charge in [0.2, 0.25) is 15.7 Å². The largest absolute Gasteiger partial charge is 0.497 e. The van der Waals surface area contributed by atoms with Gasteiger partial charge >= 0.3 is 5.22 Å². The van der Waals surface area contributed by atoms with Crippen LogP contribution in [0.25, 0.3) is 0 Å². The van der Waals surface area contributed by atoms with Crippen LogP contribution < -0.4 is 9.47 Å². The van der Waals surface area contributed by atoms with E-state index in [2.05, 4.69) is 10.2 Å². The van der Waals surface area contributed by atoms with Gasteiger partial charge in [-0.3, -0.25) is 4.79 Å². The maximum Gasteiger partial charge on any atom is 0.335 e. The third-order valence-corrected chi connectivity index (χ3v) is 4.94. The fraction of sp³-hybridized carbons (Fsp3) is 0.438. The highest BCUT2D eigenvalue weighted by Gasteiger charge is 2.35. The maximum atomic E-state index is 13.0. The fourth-order valence-electron chi connectivity index (χ4n) is 2.87. The Morgan fingerprint density at radius 1 is 1.19 bits per heavy atom. The Morgan fingerprint density at radius 2 is 1.85 bits per heavy atom. The molecule has 1 aromatic heterocycles. The molecular weight excluding hydrogens is 362 g/mol. The van der Waals surface area contributed by atoms with Crippen molar-refractivity contribution >= 4 is 15.7 Å². The van der Waals surface area contributed by atoms with Crippen molar-refractivity contribution in [1.82, 2.24) is 15.1 Å². The molecule has 10 heteroatoms. The summed E-state index contributed by atoms with van der Waals surface area (Å²) in [6.07, 6.45) is 2.34. The van der Waals surface area contributed by atoms with Crippen LogP contribution in [0, 0.1) is 0 Å². The summed E-state index contributed by atoms with van der Waals surface area (Å²) in [5, 5.41) is 6.94. The lowest BCUT2D eigenvalue weighted by Gasteiger charge is -2.22. The van der Waals surface area contributed by atoms with E-state index >= 15 is 0 Å². The molecule has 2 heterocycles. The van der Waals surface area contributed by atoms with Crippen molar-refractivity contribution < 1.29 is 27.1 Å². The molecule has 0 unspecified atom stereocenters. The van der Waals surface area contributed by atoms with Gasteiger partial charge in [0, 0.05) is 24.4 Å². The molecule has 2 aromatic rings. The summed E-state index contributed by atoms with van der Waals surface area (Å²) < 4.78 is 38.8. The number of carbonyl (C=O) groups excluding carboxylic acids is 1. The molecule has 1 atom stereocenters. The monoisotopic (exact) mass is 381 g/mol. The van der Waals surface area contributed by atoms with Gasteiger partial charge in [0.25, 0.3) is 5.91 Å². The first kappa shape index (κ1) is 18.2. The predicted molar refractivity (Wildman–Crippen MR) is 90.0 cm³/mol. The number of hydrogen-bond acceptors (Lipinski definition) is 8. The number of rotatable bonds is 5. The van der Waals surface area contributed by atoms with Gasteiger partial charge in [-0.2, -0.15) is 0 Å². The molecule has 1 saturated heterocycles. The molecule has 0 spiro atoms. The van der Waals surface area contributed by atoms with E-state index in [1.165, 1.54) is 14.2 Å². The van der Waals surface area contributed by atoms with E-state index in [4.69, 9.17) is 13.9 Å². The van der Waals surface area contributed by atoms with Gasteiger partial charge in [-0.25, -0.2) is 8.42 Å². The predicted octanol–water partition coefficient (Wildman–Crippen LogP) is 1.47. The number of amides is 1. The highest BCUT2D eigenvalue weighted by Crippen LogP contribution is 2.34. The van der Waals surface area contributed by atoms with Crippen molar-refractivity contribution in [1.29, 1.82) is 0 Å². The molecule has 3 rings (SSSR count). The molecule has 0 saturated carbocycles. The van der Waals surface area contributed by atoms with Crippen LogP contribution in [-0.2, 0) is 9.84 Å². The van der Waals surface area contributed by atoms with E-state index in [0.717, 1.165) is 12.7 Å². The zero-order valence-electron chi connectivity index (χ0n) is 14.6. The Balaban J connectivity index is 1.90. The Hall–Kier alpha value is -2.62. The molecule has 0 bridgehead atoms. The lowest BCUT2D eigenvalue weighted by atomic mass is 10.1. The van der Waals surface area contributed by atoms with Crippen LogP contribution >= 0.6 is 0 Å². The van der Waals surface area contributed by atoms with Crippen LogP contribution in [0.4, 0.5) is 0 Å². The van der Waals surface area contributed by atoms with E-state index in [-0.39, 0.29) is 11.8 Å². The van der Waals surface area contributed by atoms with Crippen molar-refractivity contribution in [2.75, 3.05) is 27.0 Å². The second-order valence-electron chi connectivity index (χ2n) is 5.94. The average molecular weight is 381 g/mol. The Labute approximate surface area is 150 Å². The van der Waals surface area contributed by atoms with Crippen LogP contribution in [0.3, 0.4) is 0 Å². The Bertz CT molecular complexity index is 902. The van der Waals surface area contributed by atoms with Gasteiger partial charge in [0.1, 0.15) is 17.5 Å². The molecule has 0 radical (unpaired) electrons.